The summed E-state index contributed by atoms with van der Waals surface area (Å²) >= 11 is 0. The highest BCUT2D eigenvalue weighted by Gasteiger charge is 2.57. The van der Waals surface area contributed by atoms with Crippen LogP contribution < -0.4 is 25.8 Å². The van der Waals surface area contributed by atoms with Crippen molar-refractivity contribution >= 4 is 11.6 Å². The summed E-state index contributed by atoms with van der Waals surface area (Å²) in [7, 11) is 0. The molecule has 2 atom stereocenters. The van der Waals surface area contributed by atoms with E-state index in [0.717, 1.165) is 31.0 Å². The number of alkyl halides is 3. The molecule has 2 aromatic carbocycles. The van der Waals surface area contributed by atoms with Crippen LogP contribution in [0.2, 0.25) is 0 Å². The van der Waals surface area contributed by atoms with Crippen LogP contribution in [0.1, 0.15) is 41.4 Å². The number of carbonyl (C=O) groups is 1. The van der Waals surface area contributed by atoms with Gasteiger partial charge < -0.3 is 36.1 Å². The van der Waals surface area contributed by atoms with Gasteiger partial charge in [0, 0.05) is 23.2 Å². The van der Waals surface area contributed by atoms with Gasteiger partial charge in [0.25, 0.3) is 5.91 Å². The highest BCUT2D eigenvalue weighted by molar-refractivity contribution is 5.95. The van der Waals surface area contributed by atoms with E-state index in [1.807, 2.05) is 0 Å². The molecule has 1 aliphatic carbocycles. The van der Waals surface area contributed by atoms with Crippen LogP contribution in [0.15, 0.2) is 48.5 Å². The highest BCUT2D eigenvalue weighted by atomic mass is 19.4. The van der Waals surface area contributed by atoms with Crippen LogP contribution in [0.3, 0.4) is 0 Å². The molecular formula is C29H30F4N4O5. The van der Waals surface area contributed by atoms with Gasteiger partial charge >= 0.3 is 6.18 Å². The Morgan fingerprint density at radius 1 is 1.17 bits per heavy atom. The number of pyridine rings is 1. The van der Waals surface area contributed by atoms with Gasteiger partial charge in [0.15, 0.2) is 11.5 Å². The van der Waals surface area contributed by atoms with Crippen molar-refractivity contribution in [1.29, 1.82) is 0 Å². The van der Waals surface area contributed by atoms with Gasteiger partial charge in [-0.05, 0) is 68.3 Å². The lowest BCUT2D eigenvalue weighted by atomic mass is 9.89. The van der Waals surface area contributed by atoms with E-state index in [4.69, 9.17) is 20.3 Å². The molecule has 3 aromatic rings. The number of hydrogen-bond donors (Lipinski definition) is 5. The average Bonchev–Trinajstić information content (AvgIpc) is 3.71. The van der Waals surface area contributed by atoms with Crippen molar-refractivity contribution in [3.63, 3.8) is 0 Å². The number of benzene rings is 2. The maximum atomic E-state index is 14.6. The largest absolute Gasteiger partial charge is 0.487 e. The number of aromatic nitrogens is 1. The van der Waals surface area contributed by atoms with Crippen LogP contribution in [0.4, 0.5) is 23.2 Å². The number of fused-ring (bicyclic) bond motifs is 1. The van der Waals surface area contributed by atoms with Gasteiger partial charge in [-0.15, -0.1) is 0 Å². The lowest BCUT2D eigenvalue weighted by Gasteiger charge is -2.31. The first kappa shape index (κ1) is 29.5. The van der Waals surface area contributed by atoms with E-state index in [1.54, 1.807) is 6.92 Å². The number of amides is 1. The van der Waals surface area contributed by atoms with Gasteiger partial charge in [0.2, 0.25) is 5.60 Å². The Labute approximate surface area is 238 Å². The number of aliphatic hydroxyl groups is 2. The zero-order chi connectivity index (χ0) is 30.3. The maximum absolute atomic E-state index is 14.6. The molecule has 224 valence electrons. The predicted octanol–water partition coefficient (Wildman–Crippen LogP) is 3.58. The molecule has 0 spiro atoms. The third-order valence-electron chi connectivity index (χ3n) is 7.16. The second-order valence-corrected chi connectivity index (χ2v) is 10.6. The van der Waals surface area contributed by atoms with Gasteiger partial charge in [0.05, 0.1) is 41.9 Å². The Balaban J connectivity index is 1.48. The normalized spacial score (nSPS) is 19.4. The number of hydrogen-bond acceptors (Lipinski definition) is 8. The van der Waals surface area contributed by atoms with Crippen LogP contribution in [0.25, 0.3) is 11.3 Å². The smallest absolute Gasteiger partial charge is 0.424 e. The molecule has 1 aromatic heterocycles. The van der Waals surface area contributed by atoms with E-state index in [9.17, 15) is 27.5 Å². The van der Waals surface area contributed by atoms with Crippen molar-refractivity contribution in [2.45, 2.75) is 43.2 Å². The molecule has 6 N–H and O–H groups in total. The summed E-state index contributed by atoms with van der Waals surface area (Å²) in [5, 5.41) is 25.4. The fourth-order valence-corrected chi connectivity index (χ4v) is 4.60. The molecule has 13 heteroatoms. The van der Waals surface area contributed by atoms with Crippen molar-refractivity contribution in [3.05, 3.63) is 71.2 Å². The molecule has 0 bridgehead atoms. The number of carbonyl (C=O) groups excluding carboxylic acids is 1. The topological polar surface area (TPSA) is 139 Å². The van der Waals surface area contributed by atoms with E-state index in [-0.39, 0.29) is 54.2 Å². The maximum Gasteiger partial charge on any atom is 0.424 e. The number of nitrogens with zero attached hydrogens (tertiary/aromatic N) is 1. The summed E-state index contributed by atoms with van der Waals surface area (Å²) < 4.78 is 68.5. The summed E-state index contributed by atoms with van der Waals surface area (Å²) in [6.07, 6.45) is -3.72. The fraction of sp³-hybridized carbons (Fsp3) is 0.379. The fourth-order valence-electron chi connectivity index (χ4n) is 4.60. The zero-order valence-electron chi connectivity index (χ0n) is 22.6. The average molecular weight is 591 g/mol. The van der Waals surface area contributed by atoms with Gasteiger partial charge in [-0.1, -0.05) is 0 Å². The highest BCUT2D eigenvalue weighted by Crippen LogP contribution is 2.45. The number of nitrogens with two attached hydrogens (primary N) is 1. The minimum absolute atomic E-state index is 0.0176. The number of halogens is 4. The first-order chi connectivity index (χ1) is 19.8. The minimum Gasteiger partial charge on any atom is -0.487 e. The lowest BCUT2D eigenvalue weighted by molar-refractivity contribution is -0.265. The summed E-state index contributed by atoms with van der Waals surface area (Å²) in [4.78, 5) is 17.2. The molecule has 1 amide bonds. The molecule has 5 rings (SSSR count). The Morgan fingerprint density at radius 2 is 1.88 bits per heavy atom. The number of nitrogens with one attached hydrogen (secondary N) is 2. The Bertz CT molecular complexity index is 1480. The molecular weight excluding hydrogens is 560 g/mol. The van der Waals surface area contributed by atoms with E-state index in [2.05, 4.69) is 15.6 Å². The van der Waals surface area contributed by atoms with Gasteiger partial charge in [-0.2, -0.15) is 13.2 Å². The van der Waals surface area contributed by atoms with Crippen LogP contribution in [0, 0.1) is 5.82 Å². The first-order valence-electron chi connectivity index (χ1n) is 13.3. The van der Waals surface area contributed by atoms with Gasteiger partial charge in [-0.25, -0.2) is 9.37 Å². The molecule has 1 saturated carbocycles. The summed E-state index contributed by atoms with van der Waals surface area (Å²) in [6.45, 7) is 0.274. The Kier molecular flexibility index (Phi) is 7.77. The molecule has 1 aliphatic heterocycles. The van der Waals surface area contributed by atoms with E-state index >= 15 is 0 Å². The number of rotatable bonds is 10. The second kappa shape index (κ2) is 11.0. The first-order valence-corrected chi connectivity index (χ1v) is 13.3. The number of ether oxygens (including phenoxy) is 2. The molecule has 42 heavy (non-hydrogen) atoms. The zero-order valence-corrected chi connectivity index (χ0v) is 22.6. The summed E-state index contributed by atoms with van der Waals surface area (Å²) in [6, 6.07) is 10.2. The monoisotopic (exact) mass is 590 g/mol. The quantitative estimate of drug-likeness (QED) is 0.226. The number of anilines is 1. The van der Waals surface area contributed by atoms with E-state index in [1.165, 1.54) is 30.3 Å². The van der Waals surface area contributed by atoms with Gasteiger partial charge in [-0.3, -0.25) is 4.79 Å². The van der Waals surface area contributed by atoms with Crippen molar-refractivity contribution in [2.24, 2.45) is 5.73 Å². The van der Waals surface area contributed by atoms with Crippen molar-refractivity contribution in [3.8, 4) is 22.8 Å². The van der Waals surface area contributed by atoms with Crippen LogP contribution in [-0.4, -0.2) is 59.7 Å². The summed E-state index contributed by atoms with van der Waals surface area (Å²) in [5.41, 5.74) is 1.84. The SMILES string of the molecule is CC1(N)CNc2c1cc(C(O)(CNC(=O)c1ccc(OCCO)c(OC3CC3)c1)C(F)(F)F)nc2-c1ccc(F)cc1. The van der Waals surface area contributed by atoms with Gasteiger partial charge in [0.1, 0.15) is 12.4 Å². The standard InChI is InChI=1S/C29H30F4N4O5/c1-27(34)14-35-25-20(27)13-23(37-24(25)16-2-5-18(30)6-3-16)28(40,29(31,32)33)15-36-26(39)17-4-9-21(41-11-10-38)22(12-17)42-19-7-8-19/h2-6,9,12-13,19,35,38,40H,7-8,10-11,14-15,34H2,1H3,(H,36,39). The molecule has 2 aliphatic rings. The molecule has 9 nitrogen and oxygen atoms in total. The van der Waals surface area contributed by atoms with Crippen LogP contribution in [-0.2, 0) is 11.1 Å². The van der Waals surface area contributed by atoms with Crippen molar-refractivity contribution < 1.29 is 42.0 Å². The second-order valence-electron chi connectivity index (χ2n) is 10.6. The Hall–Kier alpha value is -3.94. The predicted molar refractivity (Wildman–Crippen MR) is 145 cm³/mol. The van der Waals surface area contributed by atoms with Crippen molar-refractivity contribution in [2.75, 3.05) is 31.6 Å². The minimum atomic E-state index is -5.26. The molecule has 0 radical (unpaired) electrons. The third kappa shape index (κ3) is 5.85. The third-order valence-corrected chi connectivity index (χ3v) is 7.16. The van der Waals surface area contributed by atoms with Crippen LogP contribution in [0.5, 0.6) is 11.5 Å². The number of aliphatic hydroxyl groups excluding tert-OH is 1. The summed E-state index contributed by atoms with van der Waals surface area (Å²) in [5.74, 6) is -0.967. The van der Waals surface area contributed by atoms with Crippen molar-refractivity contribution in [1.82, 2.24) is 10.3 Å². The van der Waals surface area contributed by atoms with Crippen LogP contribution >= 0.6 is 0 Å². The molecule has 1 fully saturated rings. The molecule has 0 saturated heterocycles. The Morgan fingerprint density at radius 3 is 2.52 bits per heavy atom. The lowest BCUT2D eigenvalue weighted by Crippen LogP contribution is -2.51. The molecule has 2 unspecified atom stereocenters. The molecule has 2 heterocycles. The van der Waals surface area contributed by atoms with E-state index < -0.39 is 41.3 Å². The van der Waals surface area contributed by atoms with E-state index in [0.29, 0.717) is 11.3 Å².